The van der Waals surface area contributed by atoms with Gasteiger partial charge in [0, 0.05) is 23.9 Å². The summed E-state index contributed by atoms with van der Waals surface area (Å²) >= 11 is 1.36. The fourth-order valence-electron chi connectivity index (χ4n) is 3.72. The Morgan fingerprint density at radius 2 is 2.03 bits per heavy atom. The van der Waals surface area contributed by atoms with Gasteiger partial charge in [0.15, 0.2) is 11.4 Å². The van der Waals surface area contributed by atoms with Gasteiger partial charge in [-0.25, -0.2) is 15.0 Å². The number of aryl methyl sites for hydroxylation is 1. The maximum atomic E-state index is 11.7. The number of carbonyl (C=O) groups excluding carboxylic acids is 1. The number of ether oxygens (including phenoxy) is 1. The zero-order chi connectivity index (χ0) is 21.5. The minimum Gasteiger partial charge on any atom is -0.491 e. The highest BCUT2D eigenvalue weighted by molar-refractivity contribution is 7.21. The van der Waals surface area contributed by atoms with E-state index in [1.807, 2.05) is 29.3 Å². The number of thiazole rings is 1. The number of fused-ring (bicyclic) bond motifs is 2. The normalized spacial score (nSPS) is 13.5. The van der Waals surface area contributed by atoms with E-state index in [0.717, 1.165) is 39.1 Å². The standard InChI is InChI=1S/C21H19N7O2S/c1-11-15(10-29)18(27-20(22)25-11)28-4-5-30-17-3-2-12(6-14(17)9-28)13-7-16-19(24-8-13)31-21(23)26-16/h2-3,6-8,10H,4-5,9H2,1H3,(H2,23,26)(H2,22,25,27). The van der Waals surface area contributed by atoms with Gasteiger partial charge in [0.1, 0.15) is 28.5 Å². The molecule has 0 fully saturated rings. The Morgan fingerprint density at radius 1 is 1.16 bits per heavy atom. The van der Waals surface area contributed by atoms with E-state index in [2.05, 4.69) is 26.0 Å². The predicted molar refractivity (Wildman–Crippen MR) is 120 cm³/mol. The van der Waals surface area contributed by atoms with Crippen LogP contribution in [0.25, 0.3) is 21.5 Å². The van der Waals surface area contributed by atoms with E-state index in [-0.39, 0.29) is 5.95 Å². The largest absolute Gasteiger partial charge is 0.491 e. The van der Waals surface area contributed by atoms with E-state index in [0.29, 0.717) is 41.9 Å². The first-order chi connectivity index (χ1) is 15.0. The Kier molecular flexibility index (Phi) is 4.63. The number of aldehydes is 1. The van der Waals surface area contributed by atoms with Crippen molar-refractivity contribution in [1.82, 2.24) is 19.9 Å². The molecule has 0 unspecified atom stereocenters. The molecule has 0 saturated carbocycles. The molecule has 5 rings (SSSR count). The number of nitrogens with zero attached hydrogens (tertiary/aromatic N) is 5. The van der Waals surface area contributed by atoms with E-state index in [9.17, 15) is 4.79 Å². The number of rotatable bonds is 3. The van der Waals surface area contributed by atoms with Crippen LogP contribution in [-0.4, -0.2) is 39.4 Å². The number of hydrogen-bond donors (Lipinski definition) is 2. The Labute approximate surface area is 181 Å². The Morgan fingerprint density at radius 3 is 2.87 bits per heavy atom. The van der Waals surface area contributed by atoms with Crippen molar-refractivity contribution >= 4 is 44.9 Å². The molecule has 31 heavy (non-hydrogen) atoms. The van der Waals surface area contributed by atoms with E-state index in [1.54, 1.807) is 6.92 Å². The molecule has 0 aliphatic carbocycles. The number of carbonyl (C=O) groups is 1. The van der Waals surface area contributed by atoms with Crippen LogP contribution in [0, 0.1) is 6.92 Å². The molecule has 0 saturated heterocycles. The van der Waals surface area contributed by atoms with Crippen LogP contribution in [-0.2, 0) is 6.54 Å². The molecular weight excluding hydrogens is 414 g/mol. The summed E-state index contributed by atoms with van der Waals surface area (Å²) in [4.78, 5) is 31.7. The maximum absolute atomic E-state index is 11.7. The van der Waals surface area contributed by atoms with Gasteiger partial charge in [0.05, 0.1) is 17.8 Å². The second-order valence-electron chi connectivity index (χ2n) is 7.22. The number of anilines is 3. The lowest BCUT2D eigenvalue weighted by Crippen LogP contribution is -2.28. The third-order valence-electron chi connectivity index (χ3n) is 5.19. The van der Waals surface area contributed by atoms with Crippen LogP contribution in [0.3, 0.4) is 0 Å². The summed E-state index contributed by atoms with van der Waals surface area (Å²) < 4.78 is 5.95. The topological polar surface area (TPSA) is 133 Å². The summed E-state index contributed by atoms with van der Waals surface area (Å²) in [5.41, 5.74) is 16.3. The van der Waals surface area contributed by atoms with Crippen molar-refractivity contribution in [1.29, 1.82) is 0 Å². The molecule has 10 heteroatoms. The Bertz CT molecular complexity index is 1320. The molecule has 0 spiro atoms. The number of nitrogen functional groups attached to an aromatic ring is 2. The molecule has 0 atom stereocenters. The number of aromatic nitrogens is 4. The molecule has 1 aliphatic heterocycles. The first-order valence-corrected chi connectivity index (χ1v) is 10.5. The summed E-state index contributed by atoms with van der Waals surface area (Å²) in [6, 6.07) is 7.99. The summed E-state index contributed by atoms with van der Waals surface area (Å²) in [6.45, 7) is 3.28. The molecule has 4 aromatic rings. The van der Waals surface area contributed by atoms with E-state index >= 15 is 0 Å². The van der Waals surface area contributed by atoms with Gasteiger partial charge in [0.2, 0.25) is 5.95 Å². The van der Waals surface area contributed by atoms with Crippen molar-refractivity contribution in [2.75, 3.05) is 29.5 Å². The van der Waals surface area contributed by atoms with Crippen LogP contribution < -0.4 is 21.1 Å². The van der Waals surface area contributed by atoms with Crippen LogP contribution in [0.1, 0.15) is 21.6 Å². The molecule has 4 N–H and O–H groups in total. The number of benzene rings is 1. The third kappa shape index (κ3) is 3.50. The van der Waals surface area contributed by atoms with Gasteiger partial charge in [-0.3, -0.25) is 4.79 Å². The maximum Gasteiger partial charge on any atom is 0.222 e. The zero-order valence-electron chi connectivity index (χ0n) is 16.7. The Balaban J connectivity index is 1.54. The van der Waals surface area contributed by atoms with Gasteiger partial charge in [-0.15, -0.1) is 0 Å². The smallest absolute Gasteiger partial charge is 0.222 e. The molecule has 9 nitrogen and oxygen atoms in total. The molecule has 1 aromatic carbocycles. The lowest BCUT2D eigenvalue weighted by Gasteiger charge is -2.23. The summed E-state index contributed by atoms with van der Waals surface area (Å²) in [5, 5.41) is 0.496. The van der Waals surface area contributed by atoms with Crippen LogP contribution in [0.2, 0.25) is 0 Å². The predicted octanol–water partition coefficient (Wildman–Crippen LogP) is 2.83. The van der Waals surface area contributed by atoms with Crippen LogP contribution in [0.15, 0.2) is 30.5 Å². The molecule has 3 aromatic heterocycles. The lowest BCUT2D eigenvalue weighted by atomic mass is 10.0. The lowest BCUT2D eigenvalue weighted by molar-refractivity contribution is 0.112. The SMILES string of the molecule is Cc1nc(N)nc(N2CCOc3ccc(-c4cnc5sc(N)nc5c4)cc3C2)c1C=O. The zero-order valence-corrected chi connectivity index (χ0v) is 17.5. The molecule has 1 aliphatic rings. The highest BCUT2D eigenvalue weighted by Gasteiger charge is 2.22. The Hall–Kier alpha value is -3.79. The third-order valence-corrected chi connectivity index (χ3v) is 6.00. The van der Waals surface area contributed by atoms with Crippen molar-refractivity contribution < 1.29 is 9.53 Å². The van der Waals surface area contributed by atoms with Crippen LogP contribution in [0.4, 0.5) is 16.9 Å². The minimum atomic E-state index is 0.138. The fourth-order valence-corrected chi connectivity index (χ4v) is 4.38. The van der Waals surface area contributed by atoms with Crippen LogP contribution >= 0.6 is 11.3 Å². The van der Waals surface area contributed by atoms with Crippen molar-refractivity contribution in [2.24, 2.45) is 0 Å². The second kappa shape index (κ2) is 7.47. The van der Waals surface area contributed by atoms with Gasteiger partial charge in [-0.05, 0) is 30.7 Å². The fraction of sp³-hybridized carbons (Fsp3) is 0.190. The van der Waals surface area contributed by atoms with Gasteiger partial charge in [0.25, 0.3) is 0 Å². The van der Waals surface area contributed by atoms with Crippen molar-refractivity contribution in [2.45, 2.75) is 13.5 Å². The second-order valence-corrected chi connectivity index (χ2v) is 8.22. The van der Waals surface area contributed by atoms with Crippen LogP contribution in [0.5, 0.6) is 5.75 Å². The van der Waals surface area contributed by atoms with Gasteiger partial charge in [-0.2, -0.15) is 4.98 Å². The van der Waals surface area contributed by atoms with Gasteiger partial charge < -0.3 is 21.1 Å². The quantitative estimate of drug-likeness (QED) is 0.468. The summed E-state index contributed by atoms with van der Waals surface area (Å²) in [5.74, 6) is 1.45. The number of pyridine rings is 1. The number of nitrogens with two attached hydrogens (primary N) is 2. The average Bonchev–Trinajstić information content (AvgIpc) is 2.98. The first-order valence-electron chi connectivity index (χ1n) is 9.64. The highest BCUT2D eigenvalue weighted by atomic mass is 32.1. The summed E-state index contributed by atoms with van der Waals surface area (Å²) in [6.07, 6.45) is 2.59. The average molecular weight is 433 g/mol. The van der Waals surface area contributed by atoms with Crippen molar-refractivity contribution in [3.05, 3.63) is 47.3 Å². The molecule has 4 heterocycles. The molecule has 0 bridgehead atoms. The molecule has 0 amide bonds. The number of hydrogen-bond acceptors (Lipinski definition) is 10. The van der Waals surface area contributed by atoms with Gasteiger partial charge in [-0.1, -0.05) is 17.4 Å². The highest BCUT2D eigenvalue weighted by Crippen LogP contribution is 2.33. The van der Waals surface area contributed by atoms with Crippen molar-refractivity contribution in [3.63, 3.8) is 0 Å². The molecular formula is C21H19N7O2S. The summed E-state index contributed by atoms with van der Waals surface area (Å²) in [7, 11) is 0. The van der Waals surface area contributed by atoms with E-state index in [4.69, 9.17) is 16.2 Å². The van der Waals surface area contributed by atoms with E-state index in [1.165, 1.54) is 11.3 Å². The molecule has 0 radical (unpaired) electrons. The van der Waals surface area contributed by atoms with Gasteiger partial charge >= 0.3 is 0 Å². The van der Waals surface area contributed by atoms with E-state index < -0.39 is 0 Å². The minimum absolute atomic E-state index is 0.138. The van der Waals surface area contributed by atoms with Crippen molar-refractivity contribution in [3.8, 4) is 16.9 Å². The first kappa shape index (κ1) is 19.2. The molecule has 156 valence electrons. The monoisotopic (exact) mass is 433 g/mol.